The molecule has 0 radical (unpaired) electrons. The standard InChI is InChI=1S/C15H19N3O2/c1-20-10-9-17-12-14(11-16)15(19)18-8-7-13-5-3-2-4-6-13/h2-6,12,17H,7-10H2,1H3,(H,18,19)/b14-12-. The van der Waals surface area contributed by atoms with Crippen molar-refractivity contribution in [2.75, 3.05) is 26.8 Å². The van der Waals surface area contributed by atoms with Crippen LogP contribution in [0.15, 0.2) is 42.1 Å². The average Bonchev–Trinajstić information content (AvgIpc) is 2.48. The molecule has 0 aliphatic rings. The van der Waals surface area contributed by atoms with Crippen molar-refractivity contribution in [3.63, 3.8) is 0 Å². The molecule has 1 amide bonds. The molecular weight excluding hydrogens is 254 g/mol. The molecule has 106 valence electrons. The van der Waals surface area contributed by atoms with Crippen LogP contribution in [0.4, 0.5) is 0 Å². The van der Waals surface area contributed by atoms with Gasteiger partial charge in [-0.1, -0.05) is 30.3 Å². The van der Waals surface area contributed by atoms with Crippen LogP contribution in [-0.4, -0.2) is 32.7 Å². The van der Waals surface area contributed by atoms with E-state index in [9.17, 15) is 4.79 Å². The summed E-state index contributed by atoms with van der Waals surface area (Å²) in [6.45, 7) is 1.57. The SMILES string of the molecule is COCCN/C=C(/C#N)C(=O)NCCc1ccccc1. The summed E-state index contributed by atoms with van der Waals surface area (Å²) in [4.78, 5) is 11.8. The lowest BCUT2D eigenvalue weighted by Crippen LogP contribution is -2.28. The molecule has 0 atom stereocenters. The topological polar surface area (TPSA) is 74.1 Å². The summed E-state index contributed by atoms with van der Waals surface area (Å²) in [6.07, 6.45) is 2.15. The minimum atomic E-state index is -0.367. The normalized spacial score (nSPS) is 10.7. The third-order valence-electron chi connectivity index (χ3n) is 2.60. The third kappa shape index (κ3) is 6.03. The lowest BCUT2D eigenvalue weighted by molar-refractivity contribution is -0.117. The van der Waals surface area contributed by atoms with E-state index in [0.717, 1.165) is 12.0 Å². The molecule has 2 N–H and O–H groups in total. The maximum absolute atomic E-state index is 11.8. The molecule has 0 aliphatic heterocycles. The molecule has 1 rings (SSSR count). The first kappa shape index (κ1) is 15.7. The number of amides is 1. The van der Waals surface area contributed by atoms with E-state index >= 15 is 0 Å². The van der Waals surface area contributed by atoms with Gasteiger partial charge in [-0.3, -0.25) is 4.79 Å². The zero-order valence-electron chi connectivity index (χ0n) is 11.6. The summed E-state index contributed by atoms with van der Waals surface area (Å²) in [5.41, 5.74) is 1.21. The zero-order chi connectivity index (χ0) is 14.6. The van der Waals surface area contributed by atoms with E-state index in [2.05, 4.69) is 10.6 Å². The number of nitrogens with zero attached hydrogens (tertiary/aromatic N) is 1. The van der Waals surface area contributed by atoms with Crippen LogP contribution >= 0.6 is 0 Å². The van der Waals surface area contributed by atoms with E-state index in [-0.39, 0.29) is 11.5 Å². The van der Waals surface area contributed by atoms with Crippen molar-refractivity contribution < 1.29 is 9.53 Å². The predicted molar refractivity (Wildman–Crippen MR) is 76.7 cm³/mol. The lowest BCUT2D eigenvalue weighted by Gasteiger charge is -2.05. The number of nitrogens with one attached hydrogen (secondary N) is 2. The van der Waals surface area contributed by atoms with Crippen molar-refractivity contribution in [3.8, 4) is 6.07 Å². The van der Waals surface area contributed by atoms with Crippen LogP contribution in [0.3, 0.4) is 0 Å². The second-order valence-electron chi connectivity index (χ2n) is 4.11. The number of ether oxygens (including phenoxy) is 1. The summed E-state index contributed by atoms with van der Waals surface area (Å²) in [7, 11) is 1.59. The summed E-state index contributed by atoms with van der Waals surface area (Å²) in [5, 5.41) is 14.5. The molecule has 0 fully saturated rings. The molecule has 0 saturated heterocycles. The minimum absolute atomic E-state index is 0.0640. The highest BCUT2D eigenvalue weighted by Gasteiger charge is 2.07. The van der Waals surface area contributed by atoms with Gasteiger partial charge in [0.15, 0.2) is 0 Å². The van der Waals surface area contributed by atoms with Crippen LogP contribution in [0, 0.1) is 11.3 Å². The van der Waals surface area contributed by atoms with Gasteiger partial charge in [-0.25, -0.2) is 0 Å². The fraction of sp³-hybridized carbons (Fsp3) is 0.333. The van der Waals surface area contributed by atoms with Crippen molar-refractivity contribution in [1.29, 1.82) is 5.26 Å². The summed E-state index contributed by atoms with van der Waals surface area (Å²) < 4.78 is 4.86. The largest absolute Gasteiger partial charge is 0.387 e. The van der Waals surface area contributed by atoms with Gasteiger partial charge in [0.1, 0.15) is 11.6 Å². The minimum Gasteiger partial charge on any atom is -0.387 e. The first-order valence-corrected chi connectivity index (χ1v) is 6.42. The fourth-order valence-electron chi connectivity index (χ4n) is 1.54. The van der Waals surface area contributed by atoms with Crippen LogP contribution in [0.5, 0.6) is 0 Å². The van der Waals surface area contributed by atoms with Crippen LogP contribution < -0.4 is 10.6 Å². The molecule has 0 aromatic heterocycles. The van der Waals surface area contributed by atoms with Crippen LogP contribution in [0.2, 0.25) is 0 Å². The van der Waals surface area contributed by atoms with Crippen LogP contribution in [0.1, 0.15) is 5.56 Å². The highest BCUT2D eigenvalue weighted by Crippen LogP contribution is 1.98. The molecule has 1 aromatic rings. The number of nitriles is 1. The van der Waals surface area contributed by atoms with Gasteiger partial charge in [0, 0.05) is 26.4 Å². The van der Waals surface area contributed by atoms with Gasteiger partial charge < -0.3 is 15.4 Å². The summed E-state index contributed by atoms with van der Waals surface area (Å²) in [6, 6.07) is 11.7. The van der Waals surface area contributed by atoms with Gasteiger partial charge in [-0.15, -0.1) is 0 Å². The van der Waals surface area contributed by atoms with Gasteiger partial charge in [0.25, 0.3) is 5.91 Å². The smallest absolute Gasteiger partial charge is 0.263 e. The molecule has 0 bridgehead atoms. The highest BCUT2D eigenvalue weighted by molar-refractivity contribution is 5.97. The Morgan fingerprint density at radius 3 is 2.75 bits per heavy atom. The molecular formula is C15H19N3O2. The third-order valence-corrected chi connectivity index (χ3v) is 2.60. The Kier molecular flexibility index (Phi) is 7.55. The second-order valence-corrected chi connectivity index (χ2v) is 4.11. The van der Waals surface area contributed by atoms with Crippen molar-refractivity contribution in [2.45, 2.75) is 6.42 Å². The molecule has 0 spiro atoms. The second kappa shape index (κ2) is 9.59. The van der Waals surface area contributed by atoms with Crippen LogP contribution in [0.25, 0.3) is 0 Å². The molecule has 0 aliphatic carbocycles. The van der Waals surface area contributed by atoms with Gasteiger partial charge in [0.2, 0.25) is 0 Å². The Bertz CT molecular complexity index is 478. The quantitative estimate of drug-likeness (QED) is 0.421. The Balaban J connectivity index is 2.34. The lowest BCUT2D eigenvalue weighted by atomic mass is 10.1. The summed E-state index contributed by atoms with van der Waals surface area (Å²) in [5.74, 6) is -0.367. The number of hydrogen-bond donors (Lipinski definition) is 2. The number of benzene rings is 1. The van der Waals surface area contributed by atoms with Gasteiger partial charge in [-0.05, 0) is 12.0 Å². The Labute approximate surface area is 119 Å². The van der Waals surface area contributed by atoms with Crippen molar-refractivity contribution in [1.82, 2.24) is 10.6 Å². The Hall–Kier alpha value is -2.32. The molecule has 5 heteroatoms. The molecule has 1 aromatic carbocycles. The molecule has 5 nitrogen and oxygen atoms in total. The van der Waals surface area contributed by atoms with Crippen LogP contribution in [-0.2, 0) is 16.0 Å². The van der Waals surface area contributed by atoms with Crippen molar-refractivity contribution in [2.24, 2.45) is 0 Å². The first-order valence-electron chi connectivity index (χ1n) is 6.42. The zero-order valence-corrected chi connectivity index (χ0v) is 11.6. The number of hydrogen-bond acceptors (Lipinski definition) is 4. The Morgan fingerprint density at radius 2 is 2.10 bits per heavy atom. The van der Waals surface area contributed by atoms with E-state index in [1.54, 1.807) is 7.11 Å². The molecule has 0 unspecified atom stereocenters. The van der Waals surface area contributed by atoms with Gasteiger partial charge in [0.05, 0.1) is 6.61 Å². The highest BCUT2D eigenvalue weighted by atomic mass is 16.5. The van der Waals surface area contributed by atoms with E-state index in [0.29, 0.717) is 19.7 Å². The molecule has 0 heterocycles. The maximum atomic E-state index is 11.8. The number of carbonyl (C=O) groups excluding carboxylic acids is 1. The van der Waals surface area contributed by atoms with E-state index < -0.39 is 0 Å². The van der Waals surface area contributed by atoms with Gasteiger partial charge >= 0.3 is 0 Å². The Morgan fingerprint density at radius 1 is 1.35 bits per heavy atom. The van der Waals surface area contributed by atoms with Crippen molar-refractivity contribution >= 4 is 5.91 Å². The molecule has 0 saturated carbocycles. The van der Waals surface area contributed by atoms with Crippen molar-refractivity contribution in [3.05, 3.63) is 47.7 Å². The fourth-order valence-corrected chi connectivity index (χ4v) is 1.54. The first-order chi connectivity index (χ1) is 9.77. The predicted octanol–water partition coefficient (Wildman–Crippen LogP) is 0.989. The number of methoxy groups -OCH3 is 1. The van der Waals surface area contributed by atoms with E-state index in [4.69, 9.17) is 10.00 Å². The average molecular weight is 273 g/mol. The van der Waals surface area contributed by atoms with Gasteiger partial charge in [-0.2, -0.15) is 5.26 Å². The van der Waals surface area contributed by atoms with E-state index in [1.165, 1.54) is 6.20 Å². The number of rotatable bonds is 8. The molecule has 20 heavy (non-hydrogen) atoms. The summed E-state index contributed by atoms with van der Waals surface area (Å²) >= 11 is 0. The maximum Gasteiger partial charge on any atom is 0.263 e. The number of carbonyl (C=O) groups is 1. The van der Waals surface area contributed by atoms with E-state index in [1.807, 2.05) is 36.4 Å². The monoisotopic (exact) mass is 273 g/mol.